The molecule has 1 aromatic rings. The van der Waals surface area contributed by atoms with Gasteiger partial charge in [0.05, 0.1) is 25.2 Å². The summed E-state index contributed by atoms with van der Waals surface area (Å²) < 4.78 is 54.8. The van der Waals surface area contributed by atoms with Gasteiger partial charge in [-0.3, -0.25) is 0 Å². The summed E-state index contributed by atoms with van der Waals surface area (Å²) >= 11 is 0. The Hall–Kier alpha value is -1.16. The summed E-state index contributed by atoms with van der Waals surface area (Å²) in [4.78, 5) is 0.0927. The lowest BCUT2D eigenvalue weighted by molar-refractivity contribution is 0.183. The van der Waals surface area contributed by atoms with Gasteiger partial charge in [-0.15, -0.1) is 0 Å². The van der Waals surface area contributed by atoms with Gasteiger partial charge >= 0.3 is 0 Å². The first kappa shape index (κ1) is 20.2. The molecule has 1 aromatic carbocycles. The molecule has 0 saturated carbocycles. The molecule has 0 bridgehead atoms. The van der Waals surface area contributed by atoms with E-state index in [-0.39, 0.29) is 28.9 Å². The zero-order chi connectivity index (χ0) is 18.7. The lowest BCUT2D eigenvalue weighted by atomic mass is 9.99. The number of rotatable bonds is 7. The summed E-state index contributed by atoms with van der Waals surface area (Å²) in [6.45, 7) is 2.57. The van der Waals surface area contributed by atoms with E-state index in [1.165, 1.54) is 16.6 Å². The second kappa shape index (κ2) is 8.03. The molecule has 0 unspecified atom stereocenters. The highest BCUT2D eigenvalue weighted by molar-refractivity contribution is 7.91. The first-order chi connectivity index (χ1) is 11.7. The quantitative estimate of drug-likeness (QED) is 0.745. The van der Waals surface area contributed by atoms with Crippen LogP contribution in [0.15, 0.2) is 23.1 Å². The van der Waals surface area contributed by atoms with E-state index in [1.807, 2.05) is 0 Å². The normalized spacial score (nSPS) is 17.6. The Morgan fingerprint density at radius 2 is 1.84 bits per heavy atom. The minimum absolute atomic E-state index is 0.0506. The van der Waals surface area contributed by atoms with Gasteiger partial charge in [-0.1, -0.05) is 13.0 Å². The van der Waals surface area contributed by atoms with Crippen molar-refractivity contribution in [2.24, 2.45) is 5.92 Å². The van der Waals surface area contributed by atoms with Crippen LogP contribution < -0.4 is 4.74 Å². The van der Waals surface area contributed by atoms with Gasteiger partial charge in [0.15, 0.2) is 9.84 Å². The monoisotopic (exact) mass is 391 g/mol. The first-order valence-electron chi connectivity index (χ1n) is 8.22. The molecule has 1 N–H and O–H groups in total. The Morgan fingerprint density at radius 3 is 2.36 bits per heavy atom. The number of hydrogen-bond donors (Lipinski definition) is 1. The van der Waals surface area contributed by atoms with Crippen molar-refractivity contribution >= 4 is 19.9 Å². The minimum atomic E-state index is -3.47. The predicted octanol–water partition coefficient (Wildman–Crippen LogP) is 1.02. The third kappa shape index (κ3) is 5.16. The van der Waals surface area contributed by atoms with Crippen LogP contribution in [-0.4, -0.2) is 58.0 Å². The highest BCUT2D eigenvalue weighted by atomic mass is 32.2. The fourth-order valence-electron chi connectivity index (χ4n) is 2.78. The van der Waals surface area contributed by atoms with Crippen molar-refractivity contribution in [2.45, 2.75) is 31.3 Å². The fraction of sp³-hybridized carbons (Fsp3) is 0.625. The van der Waals surface area contributed by atoms with Crippen LogP contribution in [0.4, 0.5) is 0 Å². The maximum atomic E-state index is 12.3. The van der Waals surface area contributed by atoms with E-state index in [9.17, 15) is 21.9 Å². The largest absolute Gasteiger partial charge is 0.492 e. The number of nitrogens with zero attached hydrogens (tertiary/aromatic N) is 1. The second-order valence-corrected chi connectivity index (χ2v) is 10.5. The number of sulfonamides is 1. The van der Waals surface area contributed by atoms with Crippen molar-refractivity contribution in [1.29, 1.82) is 0 Å². The van der Waals surface area contributed by atoms with Gasteiger partial charge in [-0.2, -0.15) is 0 Å². The van der Waals surface area contributed by atoms with Crippen LogP contribution in [0.25, 0.3) is 0 Å². The third-order valence-corrected chi connectivity index (χ3v) is 7.48. The third-order valence-electron chi connectivity index (χ3n) is 4.42. The van der Waals surface area contributed by atoms with Crippen LogP contribution in [0.1, 0.15) is 25.3 Å². The highest BCUT2D eigenvalue weighted by Gasteiger charge is 2.26. The average molecular weight is 392 g/mol. The summed E-state index contributed by atoms with van der Waals surface area (Å²) in [6.07, 6.45) is 2.56. The number of aliphatic hydroxyl groups is 1. The molecule has 0 spiro atoms. The average Bonchev–Trinajstić information content (AvgIpc) is 2.59. The minimum Gasteiger partial charge on any atom is -0.492 e. The molecule has 1 heterocycles. The van der Waals surface area contributed by atoms with Crippen molar-refractivity contribution in [3.63, 3.8) is 0 Å². The smallest absolute Gasteiger partial charge is 0.211 e. The fourth-order valence-corrected chi connectivity index (χ4v) is 4.73. The molecule has 0 atom stereocenters. The van der Waals surface area contributed by atoms with Crippen molar-refractivity contribution in [2.75, 3.05) is 31.7 Å². The van der Waals surface area contributed by atoms with Gasteiger partial charge < -0.3 is 9.84 Å². The molecule has 1 aliphatic heterocycles. The van der Waals surface area contributed by atoms with Gasteiger partial charge in [0.25, 0.3) is 0 Å². The molecule has 1 fully saturated rings. The summed E-state index contributed by atoms with van der Waals surface area (Å²) in [7, 11) is -6.63. The van der Waals surface area contributed by atoms with E-state index in [2.05, 4.69) is 0 Å². The zero-order valence-corrected chi connectivity index (χ0v) is 16.1. The Morgan fingerprint density at radius 1 is 1.20 bits per heavy atom. The van der Waals surface area contributed by atoms with Crippen LogP contribution in [0.5, 0.6) is 5.75 Å². The SMILES string of the molecule is CCS(=O)(=O)c1cc(CO)ccc1OCC1CCN(S(C)(=O)=O)CC1. The Labute approximate surface area is 149 Å². The summed E-state index contributed by atoms with van der Waals surface area (Å²) in [5, 5.41) is 9.23. The van der Waals surface area contributed by atoms with E-state index in [0.29, 0.717) is 38.1 Å². The Balaban J connectivity index is 2.07. The molecule has 1 saturated heterocycles. The molecule has 0 radical (unpaired) electrons. The van der Waals surface area contributed by atoms with E-state index in [1.54, 1.807) is 19.1 Å². The molecule has 7 nitrogen and oxygen atoms in total. The van der Waals surface area contributed by atoms with E-state index >= 15 is 0 Å². The van der Waals surface area contributed by atoms with Crippen LogP contribution >= 0.6 is 0 Å². The summed E-state index contributed by atoms with van der Waals surface area (Å²) in [5.74, 6) is 0.405. The van der Waals surface area contributed by atoms with E-state index in [0.717, 1.165) is 0 Å². The lowest BCUT2D eigenvalue weighted by Crippen LogP contribution is -2.39. The maximum Gasteiger partial charge on any atom is 0.211 e. The van der Waals surface area contributed by atoms with Crippen LogP contribution in [0.2, 0.25) is 0 Å². The Bertz CT molecular complexity index is 796. The lowest BCUT2D eigenvalue weighted by Gasteiger charge is -2.30. The van der Waals surface area contributed by atoms with Gasteiger partial charge in [0.1, 0.15) is 10.6 Å². The molecule has 2 rings (SSSR count). The van der Waals surface area contributed by atoms with E-state index in [4.69, 9.17) is 4.74 Å². The molecule has 25 heavy (non-hydrogen) atoms. The number of hydrogen-bond acceptors (Lipinski definition) is 6. The Kier molecular flexibility index (Phi) is 6.47. The number of sulfone groups is 1. The standard InChI is InChI=1S/C16H25NO6S2/c1-3-25(21,22)16-10-14(11-18)4-5-15(16)23-12-13-6-8-17(9-7-13)24(2,19)20/h4-5,10,13,18H,3,6-9,11-12H2,1-2H3. The van der Waals surface area contributed by atoms with Crippen LogP contribution in [-0.2, 0) is 26.5 Å². The number of benzene rings is 1. The predicted molar refractivity (Wildman–Crippen MR) is 94.7 cm³/mol. The van der Waals surface area contributed by atoms with Crippen molar-refractivity contribution in [3.8, 4) is 5.75 Å². The molecular formula is C16H25NO6S2. The topological polar surface area (TPSA) is 101 Å². The summed E-state index contributed by atoms with van der Waals surface area (Å²) in [6, 6.07) is 4.65. The van der Waals surface area contributed by atoms with Gasteiger partial charge in [-0.05, 0) is 36.5 Å². The maximum absolute atomic E-state index is 12.3. The molecule has 1 aliphatic rings. The summed E-state index contributed by atoms with van der Waals surface area (Å²) in [5.41, 5.74) is 0.515. The molecule has 0 aromatic heterocycles. The van der Waals surface area contributed by atoms with Gasteiger partial charge in [0, 0.05) is 13.1 Å². The molecule has 0 amide bonds. The van der Waals surface area contributed by atoms with Crippen LogP contribution in [0, 0.1) is 5.92 Å². The number of piperidine rings is 1. The number of aliphatic hydroxyl groups excluding tert-OH is 1. The van der Waals surface area contributed by atoms with Crippen molar-refractivity contribution in [3.05, 3.63) is 23.8 Å². The molecule has 142 valence electrons. The first-order valence-corrected chi connectivity index (χ1v) is 11.7. The number of ether oxygens (including phenoxy) is 1. The second-order valence-electron chi connectivity index (χ2n) is 6.26. The molecule has 9 heteroatoms. The van der Waals surface area contributed by atoms with Crippen molar-refractivity contribution in [1.82, 2.24) is 4.31 Å². The van der Waals surface area contributed by atoms with Crippen molar-refractivity contribution < 1.29 is 26.7 Å². The zero-order valence-electron chi connectivity index (χ0n) is 14.5. The van der Waals surface area contributed by atoms with E-state index < -0.39 is 19.9 Å². The van der Waals surface area contributed by atoms with Gasteiger partial charge in [0.2, 0.25) is 10.0 Å². The molecule has 0 aliphatic carbocycles. The van der Waals surface area contributed by atoms with Crippen LogP contribution in [0.3, 0.4) is 0 Å². The molecular weight excluding hydrogens is 366 g/mol. The van der Waals surface area contributed by atoms with Gasteiger partial charge in [-0.25, -0.2) is 21.1 Å². The highest BCUT2D eigenvalue weighted by Crippen LogP contribution is 2.28.